The van der Waals surface area contributed by atoms with Crippen LogP contribution in [-0.2, 0) is 26.2 Å². The number of halogens is 3. The van der Waals surface area contributed by atoms with E-state index in [1.165, 1.54) is 35.2 Å². The van der Waals surface area contributed by atoms with Crippen molar-refractivity contribution in [2.45, 2.75) is 57.6 Å². The summed E-state index contributed by atoms with van der Waals surface area (Å²) in [5.74, 6) is -0.967. The fourth-order valence-corrected chi connectivity index (χ4v) is 5.76. The minimum Gasteiger partial charge on any atom is -0.352 e. The van der Waals surface area contributed by atoms with Gasteiger partial charge >= 0.3 is 0 Å². The van der Waals surface area contributed by atoms with E-state index in [0.717, 1.165) is 9.87 Å². The van der Waals surface area contributed by atoms with Crippen LogP contribution < -0.4 is 9.62 Å². The predicted molar refractivity (Wildman–Crippen MR) is 162 cm³/mol. The lowest BCUT2D eigenvalue weighted by Gasteiger charge is -2.32. The first kappa shape index (κ1) is 31.7. The number of nitrogens with zero attached hydrogens (tertiary/aromatic N) is 2. The molecule has 2 atom stereocenters. The van der Waals surface area contributed by atoms with E-state index in [1.54, 1.807) is 43.3 Å². The van der Waals surface area contributed by atoms with Crippen molar-refractivity contribution in [3.63, 3.8) is 0 Å². The van der Waals surface area contributed by atoms with E-state index in [0.29, 0.717) is 17.0 Å². The first-order valence-electron chi connectivity index (χ1n) is 12.7. The molecule has 0 unspecified atom stereocenters. The van der Waals surface area contributed by atoms with E-state index in [1.807, 2.05) is 20.8 Å². The van der Waals surface area contributed by atoms with Gasteiger partial charge in [0.05, 0.1) is 20.6 Å². The maximum Gasteiger partial charge on any atom is 0.264 e. The number of hydrogen-bond acceptors (Lipinski definition) is 4. The third-order valence-corrected chi connectivity index (χ3v) is 9.44. The lowest BCUT2D eigenvalue weighted by Crippen LogP contribution is -2.52. The maximum atomic E-state index is 14.0. The van der Waals surface area contributed by atoms with Crippen molar-refractivity contribution in [1.82, 2.24) is 10.2 Å². The zero-order valence-electron chi connectivity index (χ0n) is 22.7. The fraction of sp³-hybridized carbons (Fsp3) is 0.310. The zero-order chi connectivity index (χ0) is 29.6. The molecule has 0 fully saturated rings. The third kappa shape index (κ3) is 7.69. The van der Waals surface area contributed by atoms with E-state index >= 15 is 0 Å². The average molecular weight is 625 g/mol. The summed E-state index contributed by atoms with van der Waals surface area (Å²) in [6.45, 7) is 6.64. The highest BCUT2D eigenvalue weighted by molar-refractivity contribution is 7.92. The van der Waals surface area contributed by atoms with Crippen LogP contribution in [0.5, 0.6) is 0 Å². The van der Waals surface area contributed by atoms with Crippen molar-refractivity contribution >= 4 is 62.3 Å². The lowest BCUT2D eigenvalue weighted by atomic mass is 10.1. The molecule has 214 valence electrons. The van der Waals surface area contributed by atoms with E-state index in [9.17, 15) is 18.0 Å². The van der Waals surface area contributed by atoms with Crippen LogP contribution in [0.4, 0.5) is 5.69 Å². The summed E-state index contributed by atoms with van der Waals surface area (Å²) in [6.07, 6.45) is 0.705. The van der Waals surface area contributed by atoms with Crippen LogP contribution in [0, 0.1) is 6.92 Å². The molecule has 1 N–H and O–H groups in total. The number of hydrogen-bond donors (Lipinski definition) is 1. The Morgan fingerprint density at radius 2 is 1.55 bits per heavy atom. The average Bonchev–Trinajstić information content (AvgIpc) is 2.92. The molecule has 0 bridgehead atoms. The van der Waals surface area contributed by atoms with Crippen molar-refractivity contribution in [2.24, 2.45) is 0 Å². The number of sulfonamides is 1. The normalized spacial score (nSPS) is 12.9. The number of carbonyl (C=O) groups is 2. The number of carbonyl (C=O) groups excluding carboxylic acids is 2. The summed E-state index contributed by atoms with van der Waals surface area (Å²) in [4.78, 5) is 28.4. The molecule has 2 amide bonds. The highest BCUT2D eigenvalue weighted by Crippen LogP contribution is 2.31. The molecular formula is C29H32Cl3N3O4S. The largest absolute Gasteiger partial charge is 0.352 e. The molecule has 0 spiro atoms. The van der Waals surface area contributed by atoms with E-state index in [-0.39, 0.29) is 39.1 Å². The molecule has 0 saturated carbocycles. The molecule has 3 aromatic rings. The Kier molecular flexibility index (Phi) is 10.9. The van der Waals surface area contributed by atoms with Crippen molar-refractivity contribution in [1.29, 1.82) is 0 Å². The summed E-state index contributed by atoms with van der Waals surface area (Å²) in [5.41, 5.74) is 1.64. The highest BCUT2D eigenvalue weighted by Gasteiger charge is 2.33. The van der Waals surface area contributed by atoms with Crippen LogP contribution in [0.3, 0.4) is 0 Å². The van der Waals surface area contributed by atoms with Gasteiger partial charge in [0.15, 0.2) is 0 Å². The van der Waals surface area contributed by atoms with Gasteiger partial charge in [-0.05, 0) is 69.2 Å². The van der Waals surface area contributed by atoms with E-state index in [2.05, 4.69) is 5.32 Å². The quantitative estimate of drug-likeness (QED) is 0.265. The summed E-state index contributed by atoms with van der Waals surface area (Å²) in [6, 6.07) is 16.6. The molecule has 11 heteroatoms. The summed E-state index contributed by atoms with van der Waals surface area (Å²) >= 11 is 18.7. The second kappa shape index (κ2) is 13.7. The van der Waals surface area contributed by atoms with Crippen molar-refractivity contribution in [3.05, 3.63) is 92.9 Å². The molecule has 0 saturated heterocycles. The van der Waals surface area contributed by atoms with Gasteiger partial charge in [-0.1, -0.05) is 77.6 Å². The van der Waals surface area contributed by atoms with Gasteiger partial charge in [0.25, 0.3) is 10.0 Å². The van der Waals surface area contributed by atoms with Crippen LogP contribution >= 0.6 is 34.8 Å². The maximum absolute atomic E-state index is 14.0. The van der Waals surface area contributed by atoms with Gasteiger partial charge < -0.3 is 10.2 Å². The lowest BCUT2D eigenvalue weighted by molar-refractivity contribution is -0.139. The van der Waals surface area contributed by atoms with Crippen LogP contribution in [0.1, 0.15) is 38.3 Å². The van der Waals surface area contributed by atoms with Crippen LogP contribution in [0.2, 0.25) is 15.1 Å². The van der Waals surface area contributed by atoms with Gasteiger partial charge in [0, 0.05) is 17.6 Å². The molecule has 7 nitrogen and oxygen atoms in total. The smallest absolute Gasteiger partial charge is 0.264 e. The second-order valence-corrected chi connectivity index (χ2v) is 12.6. The highest BCUT2D eigenvalue weighted by atomic mass is 35.5. The Balaban J connectivity index is 2.06. The molecule has 0 aliphatic carbocycles. The molecule has 0 heterocycles. The number of rotatable bonds is 11. The monoisotopic (exact) mass is 623 g/mol. The Morgan fingerprint density at radius 1 is 0.900 bits per heavy atom. The third-order valence-electron chi connectivity index (χ3n) is 6.55. The van der Waals surface area contributed by atoms with Gasteiger partial charge in [-0.25, -0.2) is 8.42 Å². The number of aryl methyl sites for hydroxylation is 1. The first-order chi connectivity index (χ1) is 18.8. The van der Waals surface area contributed by atoms with Gasteiger partial charge in [-0.3, -0.25) is 13.9 Å². The Hall–Kier alpha value is -2.78. The van der Waals surface area contributed by atoms with Crippen LogP contribution in [0.25, 0.3) is 0 Å². The summed E-state index contributed by atoms with van der Waals surface area (Å²) < 4.78 is 28.7. The van der Waals surface area contributed by atoms with E-state index in [4.69, 9.17) is 34.8 Å². The first-order valence-corrected chi connectivity index (χ1v) is 15.3. The number of amides is 2. The Bertz CT molecular complexity index is 1470. The molecule has 40 heavy (non-hydrogen) atoms. The van der Waals surface area contributed by atoms with Crippen LogP contribution in [0.15, 0.2) is 71.6 Å². The standard InChI is InChI=1S/C29H32Cl3N3O4S/c1-5-20(3)33-29(37)21(4)34(17-22-8-6-7-9-25(22)30)28(36)18-35(23-12-15-26(31)27(32)16-23)40(38,39)24-13-10-19(2)11-14-24/h6-16,20-21H,5,17-18H2,1-4H3,(H,33,37)/t20-,21+/m1/s1. The van der Waals surface area contributed by atoms with Crippen molar-refractivity contribution < 1.29 is 18.0 Å². The van der Waals surface area contributed by atoms with E-state index < -0.39 is 28.5 Å². The van der Waals surface area contributed by atoms with Crippen molar-refractivity contribution in [2.75, 3.05) is 10.8 Å². The predicted octanol–water partition coefficient (Wildman–Crippen LogP) is 6.48. The summed E-state index contributed by atoms with van der Waals surface area (Å²) in [7, 11) is -4.22. The topological polar surface area (TPSA) is 86.8 Å². The van der Waals surface area contributed by atoms with Gasteiger partial charge in [0.1, 0.15) is 12.6 Å². The molecular weight excluding hydrogens is 593 g/mol. The number of benzene rings is 3. The molecule has 0 aliphatic heterocycles. The van der Waals surface area contributed by atoms with Gasteiger partial charge in [0.2, 0.25) is 11.8 Å². The molecule has 3 rings (SSSR count). The molecule has 0 aliphatic rings. The minimum absolute atomic E-state index is 0.00260. The summed E-state index contributed by atoms with van der Waals surface area (Å²) in [5, 5.41) is 3.68. The molecule has 0 radical (unpaired) electrons. The van der Waals surface area contributed by atoms with Gasteiger partial charge in [-0.15, -0.1) is 0 Å². The molecule has 3 aromatic carbocycles. The van der Waals surface area contributed by atoms with Crippen LogP contribution in [-0.4, -0.2) is 43.8 Å². The fourth-order valence-electron chi connectivity index (χ4n) is 3.86. The SMILES string of the molecule is CC[C@@H](C)NC(=O)[C@H](C)N(Cc1ccccc1Cl)C(=O)CN(c1ccc(Cl)c(Cl)c1)S(=O)(=O)c1ccc(C)cc1. The molecule has 0 aromatic heterocycles. The van der Waals surface area contributed by atoms with Crippen molar-refractivity contribution in [3.8, 4) is 0 Å². The van der Waals surface area contributed by atoms with Gasteiger partial charge in [-0.2, -0.15) is 0 Å². The number of nitrogens with one attached hydrogen (secondary N) is 1. The Morgan fingerprint density at radius 3 is 2.15 bits per heavy atom. The number of anilines is 1. The Labute approximate surface area is 251 Å². The zero-order valence-corrected chi connectivity index (χ0v) is 25.8. The minimum atomic E-state index is -4.22. The second-order valence-electron chi connectivity index (χ2n) is 9.53.